The summed E-state index contributed by atoms with van der Waals surface area (Å²) in [6, 6.07) is 12.7. The lowest BCUT2D eigenvalue weighted by Crippen LogP contribution is -2.13. The Hall–Kier alpha value is -4.14. The molecule has 0 bridgehead atoms. The van der Waals surface area contributed by atoms with Gasteiger partial charge in [-0.2, -0.15) is 0 Å². The van der Waals surface area contributed by atoms with Crippen molar-refractivity contribution in [1.82, 2.24) is 15.2 Å². The summed E-state index contributed by atoms with van der Waals surface area (Å²) in [4.78, 5) is 15.2. The maximum absolute atomic E-state index is 11.2. The van der Waals surface area contributed by atoms with Crippen LogP contribution >= 0.6 is 0 Å². The molecule has 0 aliphatic rings. The first-order chi connectivity index (χ1) is 14.6. The van der Waals surface area contributed by atoms with E-state index in [9.17, 15) is 4.79 Å². The first-order valence-corrected chi connectivity index (χ1v) is 9.16. The Labute approximate surface area is 171 Å². The molecular formula is C21H19N5O4. The molecule has 3 aromatic heterocycles. The van der Waals surface area contributed by atoms with Crippen molar-refractivity contribution in [2.24, 2.45) is 5.73 Å². The second-order valence-electron chi connectivity index (χ2n) is 6.38. The number of carbonyl (C=O) groups is 1. The van der Waals surface area contributed by atoms with Gasteiger partial charge >= 0.3 is 0 Å². The van der Waals surface area contributed by atoms with Crippen LogP contribution in [0.3, 0.4) is 0 Å². The van der Waals surface area contributed by atoms with E-state index in [-0.39, 0.29) is 5.69 Å². The van der Waals surface area contributed by atoms with Gasteiger partial charge in [0.05, 0.1) is 25.4 Å². The van der Waals surface area contributed by atoms with Crippen LogP contribution in [0, 0.1) is 0 Å². The Kier molecular flexibility index (Phi) is 5.42. The summed E-state index contributed by atoms with van der Waals surface area (Å²) in [6.45, 7) is 0.317. The lowest BCUT2D eigenvalue weighted by Gasteiger charge is -2.09. The topological polar surface area (TPSA) is 125 Å². The predicted octanol–water partition coefficient (Wildman–Crippen LogP) is 3.09. The van der Waals surface area contributed by atoms with Crippen LogP contribution in [0.1, 0.15) is 16.1 Å². The van der Waals surface area contributed by atoms with Crippen molar-refractivity contribution in [3.63, 3.8) is 0 Å². The molecular weight excluding hydrogens is 386 g/mol. The number of rotatable bonds is 8. The summed E-state index contributed by atoms with van der Waals surface area (Å²) in [5, 5.41) is 12.3. The monoisotopic (exact) mass is 405 g/mol. The summed E-state index contributed by atoms with van der Waals surface area (Å²) in [5.41, 5.74) is 7.68. The molecule has 3 heterocycles. The Morgan fingerprint density at radius 2 is 2.00 bits per heavy atom. The number of amides is 1. The molecule has 0 spiro atoms. The van der Waals surface area contributed by atoms with E-state index < -0.39 is 5.91 Å². The third-order valence-electron chi connectivity index (χ3n) is 4.41. The van der Waals surface area contributed by atoms with Gasteiger partial charge in [-0.1, -0.05) is 0 Å². The second-order valence-corrected chi connectivity index (χ2v) is 6.38. The predicted molar refractivity (Wildman–Crippen MR) is 110 cm³/mol. The molecule has 0 fully saturated rings. The first kappa shape index (κ1) is 19.2. The van der Waals surface area contributed by atoms with Crippen molar-refractivity contribution >= 4 is 28.4 Å². The van der Waals surface area contributed by atoms with Crippen LogP contribution in [0.2, 0.25) is 0 Å². The lowest BCUT2D eigenvalue weighted by atomic mass is 10.2. The maximum Gasteiger partial charge on any atom is 0.277 e. The Balaban J connectivity index is 1.46. The SMILES string of the molecule is COc1ccc(Nc2nnc(OCCc3ccnc(C(N)=O)c3)c3occc23)cc1. The summed E-state index contributed by atoms with van der Waals surface area (Å²) >= 11 is 0. The molecule has 0 aliphatic carbocycles. The van der Waals surface area contributed by atoms with Gasteiger partial charge in [0.2, 0.25) is 5.58 Å². The zero-order valence-electron chi connectivity index (χ0n) is 16.2. The van der Waals surface area contributed by atoms with E-state index in [1.54, 1.807) is 37.8 Å². The van der Waals surface area contributed by atoms with Crippen LogP contribution in [0.4, 0.5) is 11.5 Å². The number of nitrogens with two attached hydrogens (primary N) is 1. The highest BCUT2D eigenvalue weighted by atomic mass is 16.5. The van der Waals surface area contributed by atoms with Gasteiger partial charge in [-0.05, 0) is 48.0 Å². The Morgan fingerprint density at radius 3 is 2.77 bits per heavy atom. The molecule has 30 heavy (non-hydrogen) atoms. The van der Waals surface area contributed by atoms with Crippen molar-refractivity contribution in [1.29, 1.82) is 0 Å². The largest absolute Gasteiger partial charge is 0.497 e. The van der Waals surface area contributed by atoms with Crippen molar-refractivity contribution in [3.05, 3.63) is 66.2 Å². The minimum Gasteiger partial charge on any atom is -0.497 e. The minimum absolute atomic E-state index is 0.217. The molecule has 0 unspecified atom stereocenters. The van der Waals surface area contributed by atoms with Crippen LogP contribution in [0.5, 0.6) is 11.6 Å². The van der Waals surface area contributed by atoms with E-state index in [0.29, 0.717) is 30.3 Å². The van der Waals surface area contributed by atoms with Crippen molar-refractivity contribution < 1.29 is 18.7 Å². The highest BCUT2D eigenvalue weighted by Crippen LogP contribution is 2.30. The van der Waals surface area contributed by atoms with E-state index in [0.717, 1.165) is 22.4 Å². The van der Waals surface area contributed by atoms with E-state index in [1.165, 1.54) is 0 Å². The number of anilines is 2. The van der Waals surface area contributed by atoms with Gasteiger partial charge < -0.3 is 24.9 Å². The number of nitrogens with zero attached hydrogens (tertiary/aromatic N) is 3. The molecule has 4 aromatic rings. The average Bonchev–Trinajstić information content (AvgIpc) is 3.26. The number of primary amides is 1. The molecule has 3 N–H and O–H groups in total. The summed E-state index contributed by atoms with van der Waals surface area (Å²) in [5.74, 6) is 1.04. The molecule has 0 saturated heterocycles. The molecule has 1 aromatic carbocycles. The van der Waals surface area contributed by atoms with E-state index >= 15 is 0 Å². The van der Waals surface area contributed by atoms with E-state index in [4.69, 9.17) is 19.6 Å². The minimum atomic E-state index is -0.569. The zero-order chi connectivity index (χ0) is 20.9. The number of hydrogen-bond acceptors (Lipinski definition) is 8. The van der Waals surface area contributed by atoms with E-state index in [1.807, 2.05) is 24.3 Å². The fraction of sp³-hybridized carbons (Fsp3) is 0.143. The summed E-state index contributed by atoms with van der Waals surface area (Å²) in [7, 11) is 1.62. The number of methoxy groups -OCH3 is 1. The van der Waals surface area contributed by atoms with Crippen LogP contribution < -0.4 is 20.5 Å². The normalized spacial score (nSPS) is 10.7. The van der Waals surface area contributed by atoms with Gasteiger partial charge in [0.15, 0.2) is 5.82 Å². The number of furan rings is 1. The number of carbonyl (C=O) groups excluding carboxylic acids is 1. The highest BCUT2D eigenvalue weighted by molar-refractivity contribution is 5.92. The zero-order valence-corrected chi connectivity index (χ0v) is 16.2. The second kappa shape index (κ2) is 8.48. The molecule has 9 heteroatoms. The molecule has 1 amide bonds. The average molecular weight is 405 g/mol. The van der Waals surface area contributed by atoms with Crippen molar-refractivity contribution in [3.8, 4) is 11.6 Å². The number of aromatic nitrogens is 3. The van der Waals surface area contributed by atoms with Gasteiger partial charge in [-0.25, -0.2) is 0 Å². The lowest BCUT2D eigenvalue weighted by molar-refractivity contribution is 0.0995. The fourth-order valence-corrected chi connectivity index (χ4v) is 2.88. The summed E-state index contributed by atoms with van der Waals surface area (Å²) in [6.07, 6.45) is 3.64. The number of fused-ring (bicyclic) bond motifs is 1. The molecule has 152 valence electrons. The van der Waals surface area contributed by atoms with Crippen LogP contribution in [0.25, 0.3) is 11.0 Å². The molecule has 9 nitrogen and oxygen atoms in total. The molecule has 0 radical (unpaired) electrons. The smallest absolute Gasteiger partial charge is 0.277 e. The third kappa shape index (κ3) is 4.14. The number of nitrogens with one attached hydrogen (secondary N) is 1. The number of hydrogen-bond donors (Lipinski definition) is 2. The van der Waals surface area contributed by atoms with Gasteiger partial charge in [0, 0.05) is 18.3 Å². The van der Waals surface area contributed by atoms with E-state index in [2.05, 4.69) is 20.5 Å². The van der Waals surface area contributed by atoms with Crippen LogP contribution in [0.15, 0.2) is 59.3 Å². The standard InChI is InChI=1S/C21H19N5O4/c1-28-15-4-2-14(3-5-15)24-20-16-8-11-29-18(16)21(26-25-20)30-10-7-13-6-9-23-17(12-13)19(22)27/h2-6,8-9,11-12H,7,10H2,1H3,(H2,22,27)(H,24,25). The maximum atomic E-state index is 11.2. The Bertz CT molecular complexity index is 1170. The Morgan fingerprint density at radius 1 is 1.17 bits per heavy atom. The molecule has 0 atom stereocenters. The molecule has 4 rings (SSSR count). The molecule has 0 aliphatic heterocycles. The number of ether oxygens (including phenoxy) is 2. The quantitative estimate of drug-likeness (QED) is 0.458. The van der Waals surface area contributed by atoms with Gasteiger partial charge in [0.1, 0.15) is 11.4 Å². The van der Waals surface area contributed by atoms with Crippen LogP contribution in [-0.4, -0.2) is 34.8 Å². The molecule has 0 saturated carbocycles. The van der Waals surface area contributed by atoms with Gasteiger partial charge in [0.25, 0.3) is 11.8 Å². The van der Waals surface area contributed by atoms with Crippen molar-refractivity contribution in [2.75, 3.05) is 19.0 Å². The third-order valence-corrected chi connectivity index (χ3v) is 4.41. The van der Waals surface area contributed by atoms with Gasteiger partial charge in [-0.3, -0.25) is 9.78 Å². The highest BCUT2D eigenvalue weighted by Gasteiger charge is 2.14. The van der Waals surface area contributed by atoms with Gasteiger partial charge in [-0.15, -0.1) is 10.2 Å². The van der Waals surface area contributed by atoms with Crippen LogP contribution in [-0.2, 0) is 6.42 Å². The summed E-state index contributed by atoms with van der Waals surface area (Å²) < 4.78 is 16.5. The fourth-order valence-electron chi connectivity index (χ4n) is 2.88. The first-order valence-electron chi connectivity index (χ1n) is 9.16. The number of pyridine rings is 1. The number of benzene rings is 1. The van der Waals surface area contributed by atoms with Crippen molar-refractivity contribution in [2.45, 2.75) is 6.42 Å².